The average molecular weight is 245 g/mol. The SMILES string of the molecule is NCCCSC(N=C(N)N)c1cscn1. The van der Waals surface area contributed by atoms with Gasteiger partial charge in [0.25, 0.3) is 0 Å². The van der Waals surface area contributed by atoms with Crippen molar-refractivity contribution >= 4 is 29.1 Å². The van der Waals surface area contributed by atoms with Crippen molar-refractivity contribution in [2.24, 2.45) is 22.2 Å². The Morgan fingerprint density at radius 1 is 1.60 bits per heavy atom. The van der Waals surface area contributed by atoms with Crippen LogP contribution in [0.1, 0.15) is 17.5 Å². The molecule has 84 valence electrons. The van der Waals surface area contributed by atoms with Crippen LogP contribution in [0.5, 0.6) is 0 Å². The van der Waals surface area contributed by atoms with Gasteiger partial charge < -0.3 is 17.2 Å². The summed E-state index contributed by atoms with van der Waals surface area (Å²) in [5.74, 6) is 1.02. The van der Waals surface area contributed by atoms with Crippen molar-refractivity contribution in [1.29, 1.82) is 0 Å². The van der Waals surface area contributed by atoms with Crippen molar-refractivity contribution in [2.45, 2.75) is 11.8 Å². The van der Waals surface area contributed by atoms with Gasteiger partial charge in [0.05, 0.1) is 11.2 Å². The minimum absolute atomic E-state index is 0.0910. The van der Waals surface area contributed by atoms with E-state index in [1.807, 2.05) is 5.38 Å². The molecule has 0 fully saturated rings. The van der Waals surface area contributed by atoms with Crippen molar-refractivity contribution in [2.75, 3.05) is 12.3 Å². The molecule has 0 aliphatic rings. The number of nitrogens with zero attached hydrogens (tertiary/aromatic N) is 2. The molecule has 1 unspecified atom stereocenters. The van der Waals surface area contributed by atoms with Gasteiger partial charge in [0, 0.05) is 5.38 Å². The molecule has 6 N–H and O–H groups in total. The molecule has 1 rings (SSSR count). The van der Waals surface area contributed by atoms with E-state index >= 15 is 0 Å². The molecule has 0 bridgehead atoms. The van der Waals surface area contributed by atoms with Gasteiger partial charge in [-0.05, 0) is 18.7 Å². The van der Waals surface area contributed by atoms with Gasteiger partial charge in [0.2, 0.25) is 0 Å². The summed E-state index contributed by atoms with van der Waals surface area (Å²) in [6.45, 7) is 0.679. The Balaban J connectivity index is 2.58. The van der Waals surface area contributed by atoms with Crippen LogP contribution in [0.25, 0.3) is 0 Å². The van der Waals surface area contributed by atoms with E-state index in [-0.39, 0.29) is 11.3 Å². The molecule has 0 saturated carbocycles. The Morgan fingerprint density at radius 3 is 2.93 bits per heavy atom. The summed E-state index contributed by atoms with van der Waals surface area (Å²) in [5, 5.41) is 1.85. The second kappa shape index (κ2) is 6.65. The van der Waals surface area contributed by atoms with Gasteiger partial charge in [0.15, 0.2) is 5.96 Å². The molecule has 7 heteroatoms. The van der Waals surface area contributed by atoms with Crippen molar-refractivity contribution in [3.63, 3.8) is 0 Å². The maximum atomic E-state index is 5.42. The van der Waals surface area contributed by atoms with Crippen LogP contribution in [-0.4, -0.2) is 23.2 Å². The highest BCUT2D eigenvalue weighted by Crippen LogP contribution is 2.29. The highest BCUT2D eigenvalue weighted by molar-refractivity contribution is 7.99. The molecular weight excluding hydrogens is 230 g/mol. The zero-order valence-electron chi connectivity index (χ0n) is 8.30. The summed E-state index contributed by atoms with van der Waals surface area (Å²) in [5.41, 5.74) is 18.8. The van der Waals surface area contributed by atoms with Gasteiger partial charge in [-0.2, -0.15) is 0 Å². The van der Waals surface area contributed by atoms with Crippen LogP contribution in [0.4, 0.5) is 0 Å². The van der Waals surface area contributed by atoms with Crippen molar-refractivity contribution in [3.8, 4) is 0 Å². The number of thioether (sulfide) groups is 1. The van der Waals surface area contributed by atoms with Crippen LogP contribution in [0.3, 0.4) is 0 Å². The lowest BCUT2D eigenvalue weighted by Crippen LogP contribution is -2.23. The van der Waals surface area contributed by atoms with E-state index in [0.29, 0.717) is 6.54 Å². The summed E-state index contributed by atoms with van der Waals surface area (Å²) >= 11 is 3.18. The van der Waals surface area contributed by atoms with E-state index < -0.39 is 0 Å². The number of nitrogens with two attached hydrogens (primary N) is 3. The molecule has 0 spiro atoms. The number of aliphatic imine (C=N–C) groups is 1. The normalized spacial score (nSPS) is 12.3. The first-order valence-corrected chi connectivity index (χ1v) is 6.51. The lowest BCUT2D eigenvalue weighted by atomic mass is 10.5. The summed E-state index contributed by atoms with van der Waals surface area (Å²) < 4.78 is 0. The lowest BCUT2D eigenvalue weighted by Gasteiger charge is -2.09. The van der Waals surface area contributed by atoms with E-state index in [4.69, 9.17) is 17.2 Å². The smallest absolute Gasteiger partial charge is 0.187 e. The maximum Gasteiger partial charge on any atom is 0.187 e. The number of aromatic nitrogens is 1. The molecule has 0 saturated heterocycles. The van der Waals surface area contributed by atoms with Gasteiger partial charge >= 0.3 is 0 Å². The minimum atomic E-state index is -0.104. The van der Waals surface area contributed by atoms with E-state index in [0.717, 1.165) is 17.9 Å². The van der Waals surface area contributed by atoms with Gasteiger partial charge in [0.1, 0.15) is 5.37 Å². The predicted molar refractivity (Wildman–Crippen MR) is 66.8 cm³/mol. The highest BCUT2D eigenvalue weighted by Gasteiger charge is 2.12. The first-order valence-electron chi connectivity index (χ1n) is 4.52. The second-order valence-corrected chi connectivity index (χ2v) is 4.74. The fourth-order valence-corrected chi connectivity index (χ4v) is 2.66. The molecule has 0 radical (unpaired) electrons. The van der Waals surface area contributed by atoms with E-state index in [1.54, 1.807) is 17.3 Å². The molecule has 1 atom stereocenters. The molecule has 5 nitrogen and oxygen atoms in total. The van der Waals surface area contributed by atoms with Crippen molar-refractivity contribution < 1.29 is 0 Å². The summed E-state index contributed by atoms with van der Waals surface area (Å²) in [4.78, 5) is 8.33. The predicted octanol–water partition coefficient (Wildman–Crippen LogP) is 0.497. The number of hydrogen-bond acceptors (Lipinski definition) is 5. The third kappa shape index (κ3) is 4.50. The van der Waals surface area contributed by atoms with E-state index in [1.165, 1.54) is 11.3 Å². The third-order valence-corrected chi connectivity index (χ3v) is 3.39. The van der Waals surface area contributed by atoms with E-state index in [9.17, 15) is 0 Å². The van der Waals surface area contributed by atoms with E-state index in [2.05, 4.69) is 9.98 Å². The second-order valence-electron chi connectivity index (χ2n) is 2.83. The largest absolute Gasteiger partial charge is 0.370 e. The Labute approximate surface area is 97.2 Å². The zero-order chi connectivity index (χ0) is 11.1. The zero-order valence-corrected chi connectivity index (χ0v) is 9.93. The Bertz CT molecular complexity index is 294. The van der Waals surface area contributed by atoms with Crippen LogP contribution in [0, 0.1) is 0 Å². The molecule has 0 amide bonds. The van der Waals surface area contributed by atoms with Crippen LogP contribution in [0.2, 0.25) is 0 Å². The Kier molecular flexibility index (Phi) is 5.44. The molecule has 1 heterocycles. The number of rotatable bonds is 6. The van der Waals surface area contributed by atoms with Crippen LogP contribution >= 0.6 is 23.1 Å². The van der Waals surface area contributed by atoms with Crippen molar-refractivity contribution in [1.82, 2.24) is 4.98 Å². The van der Waals surface area contributed by atoms with Gasteiger partial charge in [-0.25, -0.2) is 9.98 Å². The number of guanidine groups is 1. The first-order chi connectivity index (χ1) is 7.24. The fraction of sp³-hybridized carbons (Fsp3) is 0.500. The Hall–Kier alpha value is -0.790. The molecule has 15 heavy (non-hydrogen) atoms. The topological polar surface area (TPSA) is 103 Å². The van der Waals surface area contributed by atoms with Crippen LogP contribution in [-0.2, 0) is 0 Å². The summed E-state index contributed by atoms with van der Waals surface area (Å²) in [7, 11) is 0. The molecule has 1 aromatic heterocycles. The van der Waals surface area contributed by atoms with Gasteiger partial charge in [-0.1, -0.05) is 0 Å². The van der Waals surface area contributed by atoms with Crippen LogP contribution in [0.15, 0.2) is 15.9 Å². The quantitative estimate of drug-likeness (QED) is 0.384. The van der Waals surface area contributed by atoms with Crippen molar-refractivity contribution in [3.05, 3.63) is 16.6 Å². The van der Waals surface area contributed by atoms with Gasteiger partial charge in [-0.3, -0.25) is 0 Å². The number of thiazole rings is 1. The first kappa shape index (κ1) is 12.3. The molecule has 1 aromatic rings. The monoisotopic (exact) mass is 245 g/mol. The molecule has 0 aromatic carbocycles. The maximum absolute atomic E-state index is 5.42. The standard InChI is InChI=1S/C8H15N5S2/c9-2-1-3-15-7(13-8(10)11)6-4-14-5-12-6/h4-5,7H,1-3,9H2,(H4,10,11,13). The molecule has 0 aliphatic carbocycles. The van der Waals surface area contributed by atoms with Gasteiger partial charge in [-0.15, -0.1) is 23.1 Å². The summed E-state index contributed by atoms with van der Waals surface area (Å²) in [6.07, 6.45) is 0.950. The fourth-order valence-electron chi connectivity index (χ4n) is 0.946. The summed E-state index contributed by atoms with van der Waals surface area (Å²) in [6, 6.07) is 0. The average Bonchev–Trinajstić information content (AvgIpc) is 2.68. The minimum Gasteiger partial charge on any atom is -0.370 e. The number of hydrogen-bond donors (Lipinski definition) is 3. The highest BCUT2D eigenvalue weighted by atomic mass is 32.2. The van der Waals surface area contributed by atoms with Crippen LogP contribution < -0.4 is 17.2 Å². The molecular formula is C8H15N5S2. The Morgan fingerprint density at radius 2 is 2.40 bits per heavy atom. The lowest BCUT2D eigenvalue weighted by molar-refractivity contribution is 0.923. The molecule has 0 aliphatic heterocycles. The third-order valence-electron chi connectivity index (χ3n) is 1.59.